The normalized spacial score (nSPS) is 21.4. The zero-order valence-electron chi connectivity index (χ0n) is 21.6. The Morgan fingerprint density at radius 2 is 1.70 bits per heavy atom. The Hall–Kier alpha value is -2.69. The molecule has 8 nitrogen and oxygen atoms in total. The summed E-state index contributed by atoms with van der Waals surface area (Å²) < 4.78 is 34.6. The van der Waals surface area contributed by atoms with Crippen LogP contribution in [-0.2, 0) is 10.0 Å². The Labute approximate surface area is 222 Å². The molecule has 198 valence electrons. The maximum Gasteiger partial charge on any atom is 0.253 e. The molecule has 37 heavy (non-hydrogen) atoms. The van der Waals surface area contributed by atoms with Crippen LogP contribution in [0.1, 0.15) is 37.6 Å². The first-order valence-corrected chi connectivity index (χ1v) is 15.2. The highest BCUT2D eigenvalue weighted by molar-refractivity contribution is 7.89. The zero-order chi connectivity index (χ0) is 26.2. The van der Waals surface area contributed by atoms with Crippen molar-refractivity contribution in [2.24, 2.45) is 11.8 Å². The highest BCUT2D eigenvalue weighted by atomic mass is 32.2. The number of nitrogens with zero attached hydrogens (tertiary/aromatic N) is 4. The second kappa shape index (κ2) is 10.6. The van der Waals surface area contributed by atoms with Crippen molar-refractivity contribution < 1.29 is 17.9 Å². The number of carbonyl (C=O) groups is 1. The van der Waals surface area contributed by atoms with Gasteiger partial charge in [0.05, 0.1) is 21.7 Å². The van der Waals surface area contributed by atoms with E-state index in [0.717, 1.165) is 27.5 Å². The van der Waals surface area contributed by atoms with E-state index >= 15 is 0 Å². The number of ether oxygens (including phenoxy) is 1. The first-order valence-electron chi connectivity index (χ1n) is 12.9. The van der Waals surface area contributed by atoms with Gasteiger partial charge in [0.2, 0.25) is 10.0 Å². The second-order valence-electron chi connectivity index (χ2n) is 10.1. The number of rotatable bonds is 6. The molecule has 1 aromatic heterocycles. The number of aromatic nitrogens is 1. The van der Waals surface area contributed by atoms with Crippen LogP contribution in [0.25, 0.3) is 10.2 Å². The Morgan fingerprint density at radius 1 is 1.03 bits per heavy atom. The van der Waals surface area contributed by atoms with Gasteiger partial charge < -0.3 is 14.5 Å². The molecule has 3 heterocycles. The third-order valence-corrected chi connectivity index (χ3v) is 10.00. The Kier molecular flexibility index (Phi) is 7.42. The molecule has 2 saturated heterocycles. The minimum Gasteiger partial charge on any atom is -0.494 e. The first-order chi connectivity index (χ1) is 17.7. The van der Waals surface area contributed by atoms with Gasteiger partial charge in [-0.2, -0.15) is 4.31 Å². The summed E-state index contributed by atoms with van der Waals surface area (Å²) in [5.41, 5.74) is 1.46. The van der Waals surface area contributed by atoms with Crippen LogP contribution in [0.15, 0.2) is 47.4 Å². The Morgan fingerprint density at radius 3 is 2.35 bits per heavy atom. The number of piperazine rings is 1. The molecule has 2 aromatic carbocycles. The van der Waals surface area contributed by atoms with Crippen molar-refractivity contribution in [2.75, 3.05) is 50.8 Å². The quantitative estimate of drug-likeness (QED) is 0.461. The van der Waals surface area contributed by atoms with E-state index in [9.17, 15) is 13.2 Å². The minimum absolute atomic E-state index is 0.0746. The number of anilines is 1. The highest BCUT2D eigenvalue weighted by Crippen LogP contribution is 2.32. The van der Waals surface area contributed by atoms with Crippen LogP contribution >= 0.6 is 11.3 Å². The predicted molar refractivity (Wildman–Crippen MR) is 147 cm³/mol. The number of piperidine rings is 1. The second-order valence-corrected chi connectivity index (χ2v) is 13.1. The summed E-state index contributed by atoms with van der Waals surface area (Å²) in [6, 6.07) is 12.4. The van der Waals surface area contributed by atoms with Crippen molar-refractivity contribution in [3.63, 3.8) is 0 Å². The number of hydrogen-bond acceptors (Lipinski definition) is 7. The third-order valence-electron chi connectivity index (χ3n) is 7.07. The maximum absolute atomic E-state index is 13.2. The van der Waals surface area contributed by atoms with E-state index in [1.165, 1.54) is 0 Å². The molecule has 2 unspecified atom stereocenters. The van der Waals surface area contributed by atoms with Gasteiger partial charge in [0.25, 0.3) is 5.91 Å². The zero-order valence-corrected chi connectivity index (χ0v) is 23.2. The maximum atomic E-state index is 13.2. The van der Waals surface area contributed by atoms with Crippen LogP contribution in [0.5, 0.6) is 5.75 Å². The first kappa shape index (κ1) is 25.9. The average Bonchev–Trinajstić information content (AvgIpc) is 3.32. The lowest BCUT2D eigenvalue weighted by Gasteiger charge is -2.35. The van der Waals surface area contributed by atoms with E-state index in [4.69, 9.17) is 9.72 Å². The SMILES string of the molecule is CCOc1ccc2nc(N3CCN(C(=O)c4ccc(S(=O)(=O)N5CC(C)CC(C)C5)cc4)CC3)sc2c1. The third kappa shape index (κ3) is 5.46. The fourth-order valence-corrected chi connectivity index (χ4v) is 8.01. The highest BCUT2D eigenvalue weighted by Gasteiger charge is 2.32. The molecule has 2 atom stereocenters. The van der Waals surface area contributed by atoms with Crippen LogP contribution in [0.2, 0.25) is 0 Å². The van der Waals surface area contributed by atoms with Crippen molar-refractivity contribution in [2.45, 2.75) is 32.1 Å². The number of benzene rings is 2. The summed E-state index contributed by atoms with van der Waals surface area (Å²) in [5.74, 6) is 1.45. The molecule has 10 heteroatoms. The molecule has 5 rings (SSSR count). The molecule has 0 spiro atoms. The number of fused-ring (bicyclic) bond motifs is 1. The van der Waals surface area contributed by atoms with Crippen molar-refractivity contribution in [1.82, 2.24) is 14.2 Å². The largest absolute Gasteiger partial charge is 0.494 e. The lowest BCUT2D eigenvalue weighted by Crippen LogP contribution is -2.48. The number of thiazole rings is 1. The van der Waals surface area contributed by atoms with Gasteiger partial charge in [-0.25, -0.2) is 13.4 Å². The molecule has 2 fully saturated rings. The van der Waals surface area contributed by atoms with Crippen molar-refractivity contribution in [3.8, 4) is 5.75 Å². The van der Waals surface area contributed by atoms with Gasteiger partial charge in [-0.3, -0.25) is 4.79 Å². The summed E-state index contributed by atoms with van der Waals surface area (Å²) in [6.07, 6.45) is 1.04. The fourth-order valence-electron chi connectivity index (χ4n) is 5.29. The molecular formula is C27H34N4O4S2. The minimum atomic E-state index is -3.56. The van der Waals surface area contributed by atoms with Crippen molar-refractivity contribution in [3.05, 3.63) is 48.0 Å². The molecule has 1 amide bonds. The van der Waals surface area contributed by atoms with Gasteiger partial charge in [0, 0.05) is 44.8 Å². The Balaban J connectivity index is 1.22. The molecule has 2 aliphatic heterocycles. The predicted octanol–water partition coefficient (Wildman–Crippen LogP) is 4.32. The molecule has 0 N–H and O–H groups in total. The summed E-state index contributed by atoms with van der Waals surface area (Å²) >= 11 is 1.64. The monoisotopic (exact) mass is 542 g/mol. The van der Waals surface area contributed by atoms with Crippen molar-refractivity contribution >= 4 is 42.6 Å². The van der Waals surface area contributed by atoms with Gasteiger partial charge in [0.1, 0.15) is 5.75 Å². The van der Waals surface area contributed by atoms with E-state index in [1.54, 1.807) is 39.9 Å². The average molecular weight is 543 g/mol. The van der Waals surface area contributed by atoms with Gasteiger partial charge >= 0.3 is 0 Å². The van der Waals surface area contributed by atoms with E-state index in [1.807, 2.05) is 30.0 Å². The topological polar surface area (TPSA) is 83.0 Å². The lowest BCUT2D eigenvalue weighted by atomic mass is 9.94. The summed E-state index contributed by atoms with van der Waals surface area (Å²) in [5, 5.41) is 0.951. The molecular weight excluding hydrogens is 508 g/mol. The molecule has 0 bridgehead atoms. The molecule has 0 aliphatic carbocycles. The standard InChI is InChI=1S/C27H34N4O4S2/c1-4-35-22-7-10-24-25(16-22)36-27(28-24)30-13-11-29(12-14-30)26(32)21-5-8-23(9-6-21)37(33,34)31-17-19(2)15-20(3)18-31/h5-10,16,19-20H,4,11-15,17-18H2,1-3H3. The van der Waals surface area contributed by atoms with Crippen LogP contribution < -0.4 is 9.64 Å². The van der Waals surface area contributed by atoms with Gasteiger partial charge in [-0.1, -0.05) is 25.2 Å². The van der Waals surface area contributed by atoms with E-state index in [0.29, 0.717) is 63.3 Å². The molecule has 0 radical (unpaired) electrons. The van der Waals surface area contributed by atoms with Crippen LogP contribution in [0, 0.1) is 11.8 Å². The van der Waals surface area contributed by atoms with Gasteiger partial charge in [-0.05, 0) is 67.6 Å². The van der Waals surface area contributed by atoms with Gasteiger partial charge in [-0.15, -0.1) is 0 Å². The summed E-state index contributed by atoms with van der Waals surface area (Å²) in [6.45, 7) is 10.4. The van der Waals surface area contributed by atoms with E-state index < -0.39 is 10.0 Å². The number of sulfonamides is 1. The summed E-state index contributed by atoms with van der Waals surface area (Å²) in [7, 11) is -3.56. The van der Waals surface area contributed by atoms with E-state index in [-0.39, 0.29) is 10.8 Å². The lowest BCUT2D eigenvalue weighted by molar-refractivity contribution is 0.0746. The smallest absolute Gasteiger partial charge is 0.253 e. The van der Waals surface area contributed by atoms with Crippen LogP contribution in [0.3, 0.4) is 0 Å². The molecule has 2 aliphatic rings. The molecule has 3 aromatic rings. The van der Waals surface area contributed by atoms with Crippen LogP contribution in [0.4, 0.5) is 5.13 Å². The number of carbonyl (C=O) groups excluding carboxylic acids is 1. The Bertz CT molecular complexity index is 1350. The van der Waals surface area contributed by atoms with E-state index in [2.05, 4.69) is 18.7 Å². The van der Waals surface area contributed by atoms with Gasteiger partial charge in [0.15, 0.2) is 5.13 Å². The summed E-state index contributed by atoms with van der Waals surface area (Å²) in [4.78, 5) is 22.2. The number of hydrogen-bond donors (Lipinski definition) is 0. The molecule has 0 saturated carbocycles. The van der Waals surface area contributed by atoms with Crippen molar-refractivity contribution in [1.29, 1.82) is 0 Å². The van der Waals surface area contributed by atoms with Crippen LogP contribution in [-0.4, -0.2) is 74.4 Å². The fraction of sp³-hybridized carbons (Fsp3) is 0.481. The number of amides is 1.